The molecule has 0 bridgehead atoms. The summed E-state index contributed by atoms with van der Waals surface area (Å²) in [6.07, 6.45) is 0. The first-order valence-corrected chi connectivity index (χ1v) is 11.5. The van der Waals surface area contributed by atoms with E-state index in [0.29, 0.717) is 27.8 Å². The highest BCUT2D eigenvalue weighted by Gasteiger charge is 2.91. The van der Waals surface area contributed by atoms with Gasteiger partial charge in [-0.15, -0.1) is 0 Å². The van der Waals surface area contributed by atoms with E-state index in [1.165, 1.54) is 10.0 Å². The molecule has 1 saturated carbocycles. The van der Waals surface area contributed by atoms with E-state index in [1.54, 1.807) is 6.07 Å². The summed E-state index contributed by atoms with van der Waals surface area (Å²) in [5.74, 6) is -0.911. The van der Waals surface area contributed by atoms with Crippen molar-refractivity contribution in [1.82, 2.24) is 0 Å². The zero-order valence-corrected chi connectivity index (χ0v) is 19.4. The van der Waals surface area contributed by atoms with Gasteiger partial charge in [-0.25, -0.2) is 0 Å². The Bertz CT molecular complexity index is 1320. The summed E-state index contributed by atoms with van der Waals surface area (Å²) < 4.78 is 0. The van der Waals surface area contributed by atoms with E-state index in [0.717, 1.165) is 5.56 Å². The first kappa shape index (κ1) is 20.8. The first-order valence-electron chi connectivity index (χ1n) is 11.1. The fourth-order valence-corrected chi connectivity index (χ4v) is 6.11. The topological polar surface area (TPSA) is 65.3 Å². The van der Waals surface area contributed by atoms with E-state index >= 15 is 0 Å². The van der Waals surface area contributed by atoms with Crippen molar-refractivity contribution in [2.75, 3.05) is 10.0 Å². The normalized spacial score (nSPS) is 27.6. The fraction of sp³-hybridized carbons (Fsp3) is 0.185. The van der Waals surface area contributed by atoms with Crippen molar-refractivity contribution in [3.8, 4) is 0 Å². The summed E-state index contributed by atoms with van der Waals surface area (Å²) in [5.41, 5.74) is 1.02. The van der Waals surface area contributed by atoms with Crippen LogP contribution in [0.25, 0.3) is 0 Å². The van der Waals surface area contributed by atoms with Crippen LogP contribution in [0.3, 0.4) is 0 Å². The summed E-state index contributed by atoms with van der Waals surface area (Å²) >= 11 is 6.35. The lowest BCUT2D eigenvalue weighted by molar-refractivity contribution is -0.126. The minimum atomic E-state index is -1.16. The molecule has 2 amide bonds. The zero-order chi connectivity index (χ0) is 23.7. The maximum Gasteiger partial charge on any atom is 0.261 e. The molecule has 168 valence electrons. The number of anilines is 2. The van der Waals surface area contributed by atoms with Crippen LogP contribution in [0.2, 0.25) is 5.02 Å². The molecule has 7 heteroatoms. The van der Waals surface area contributed by atoms with Crippen LogP contribution in [-0.2, 0) is 9.59 Å². The molecule has 6 nitrogen and oxygen atoms in total. The highest BCUT2D eigenvalue weighted by Crippen LogP contribution is 2.79. The molecule has 0 saturated heterocycles. The van der Waals surface area contributed by atoms with Crippen LogP contribution in [0.1, 0.15) is 25.3 Å². The second kappa shape index (κ2) is 7.11. The Morgan fingerprint density at radius 3 is 1.62 bits per heavy atom. The van der Waals surface area contributed by atoms with Gasteiger partial charge in [-0.2, -0.15) is 20.2 Å². The average molecular weight is 469 g/mol. The van der Waals surface area contributed by atoms with Gasteiger partial charge in [0.2, 0.25) is 0 Å². The van der Waals surface area contributed by atoms with Gasteiger partial charge in [-0.3, -0.25) is 9.59 Å². The molecule has 2 heterocycles. The molecular formula is C27H21ClN4O2. The second-order valence-electron chi connectivity index (χ2n) is 8.88. The molecule has 2 spiro atoms. The predicted molar refractivity (Wildman–Crippen MR) is 133 cm³/mol. The van der Waals surface area contributed by atoms with Crippen LogP contribution in [0.4, 0.5) is 11.4 Å². The number of carbonyl (C=O) groups is 2. The largest absolute Gasteiger partial charge is 0.271 e. The number of rotatable bonds is 3. The molecule has 2 atom stereocenters. The van der Waals surface area contributed by atoms with Crippen LogP contribution < -0.4 is 10.0 Å². The number of fused-ring (bicyclic) bond motifs is 1. The van der Waals surface area contributed by atoms with Crippen LogP contribution >= 0.6 is 11.6 Å². The molecule has 1 fully saturated rings. The summed E-state index contributed by atoms with van der Waals surface area (Å²) in [5, 5.41) is 12.8. The summed E-state index contributed by atoms with van der Waals surface area (Å²) in [6, 6.07) is 26.0. The number of para-hydroxylation sites is 2. The monoisotopic (exact) mass is 468 g/mol. The maximum absolute atomic E-state index is 14.2. The van der Waals surface area contributed by atoms with Crippen molar-refractivity contribution >= 4 is 46.2 Å². The molecule has 3 aromatic rings. The van der Waals surface area contributed by atoms with E-state index in [-0.39, 0.29) is 11.8 Å². The molecule has 6 rings (SSSR count). The molecular weight excluding hydrogens is 448 g/mol. The van der Waals surface area contributed by atoms with Crippen LogP contribution in [0.15, 0.2) is 95.1 Å². The third-order valence-corrected chi connectivity index (χ3v) is 7.52. The number of halogens is 1. The van der Waals surface area contributed by atoms with Gasteiger partial charge < -0.3 is 0 Å². The van der Waals surface area contributed by atoms with Gasteiger partial charge in [0.15, 0.2) is 0 Å². The SMILES string of the molecule is CC1=NN(c2ccccc2)C(=O)[C@@]12C(c1cccc(Cl)c1)[C@@]21C(=O)N(c2ccccc2)N=C1C. The molecule has 0 N–H and O–H groups in total. The first-order chi connectivity index (χ1) is 16.4. The van der Waals surface area contributed by atoms with Crippen molar-refractivity contribution < 1.29 is 9.59 Å². The standard InChI is InChI=1S/C27H21ClN4O2/c1-17-26(24(33)31(29-17)21-12-5-3-6-13-21)23(19-10-9-11-20(28)16-19)27(26)18(2)30-32(25(27)34)22-14-7-4-8-15-22/h3-16,23H,1-2H3/t26-,27-/m0/s1. The lowest BCUT2D eigenvalue weighted by atomic mass is 9.85. The van der Waals surface area contributed by atoms with E-state index in [1.807, 2.05) is 92.7 Å². The molecule has 0 radical (unpaired) electrons. The Balaban J connectivity index is 1.54. The molecule has 1 aliphatic carbocycles. The minimum absolute atomic E-state index is 0.223. The maximum atomic E-state index is 14.2. The molecule has 0 unspecified atom stereocenters. The van der Waals surface area contributed by atoms with Gasteiger partial charge in [0.25, 0.3) is 11.8 Å². The van der Waals surface area contributed by atoms with Gasteiger partial charge in [-0.1, -0.05) is 60.1 Å². The predicted octanol–water partition coefficient (Wildman–Crippen LogP) is 5.26. The Morgan fingerprint density at radius 2 is 1.18 bits per heavy atom. The van der Waals surface area contributed by atoms with Crippen molar-refractivity contribution in [1.29, 1.82) is 0 Å². The number of hydrogen-bond acceptors (Lipinski definition) is 4. The van der Waals surface area contributed by atoms with Crippen LogP contribution in [-0.4, -0.2) is 23.2 Å². The number of benzene rings is 3. The van der Waals surface area contributed by atoms with E-state index in [9.17, 15) is 9.59 Å². The highest BCUT2D eigenvalue weighted by atomic mass is 35.5. The lowest BCUT2D eigenvalue weighted by Gasteiger charge is -2.18. The number of hydrogen-bond donors (Lipinski definition) is 0. The molecule has 34 heavy (non-hydrogen) atoms. The zero-order valence-electron chi connectivity index (χ0n) is 18.6. The summed E-state index contributed by atoms with van der Waals surface area (Å²) in [7, 11) is 0. The molecule has 3 aromatic carbocycles. The van der Waals surface area contributed by atoms with Gasteiger partial charge in [-0.05, 0) is 55.8 Å². The summed E-state index contributed by atoms with van der Waals surface area (Å²) in [6.45, 7) is 3.66. The summed E-state index contributed by atoms with van der Waals surface area (Å²) in [4.78, 5) is 28.4. The van der Waals surface area contributed by atoms with Crippen LogP contribution in [0, 0.1) is 10.8 Å². The lowest BCUT2D eigenvalue weighted by Crippen LogP contribution is -2.40. The number of nitrogens with zero attached hydrogens (tertiary/aromatic N) is 4. The van der Waals surface area contributed by atoms with E-state index < -0.39 is 16.7 Å². The smallest absolute Gasteiger partial charge is 0.261 e. The molecule has 3 aliphatic rings. The van der Waals surface area contributed by atoms with Gasteiger partial charge >= 0.3 is 0 Å². The van der Waals surface area contributed by atoms with E-state index in [2.05, 4.69) is 10.2 Å². The number of hydrazone groups is 2. The Hall–Kier alpha value is -3.77. The third-order valence-electron chi connectivity index (χ3n) is 7.29. The Labute approximate surface area is 202 Å². The molecule has 0 aromatic heterocycles. The van der Waals surface area contributed by atoms with Gasteiger partial charge in [0.05, 0.1) is 22.8 Å². The minimum Gasteiger partial charge on any atom is -0.271 e. The quantitative estimate of drug-likeness (QED) is 0.526. The molecule has 2 aliphatic heterocycles. The number of amides is 2. The van der Waals surface area contributed by atoms with Crippen molar-refractivity contribution in [3.63, 3.8) is 0 Å². The number of carbonyl (C=O) groups excluding carboxylic acids is 2. The van der Waals surface area contributed by atoms with Crippen LogP contribution in [0.5, 0.6) is 0 Å². The third kappa shape index (κ3) is 2.41. The van der Waals surface area contributed by atoms with E-state index in [4.69, 9.17) is 11.6 Å². The van der Waals surface area contributed by atoms with Crippen molar-refractivity contribution in [3.05, 3.63) is 95.5 Å². The van der Waals surface area contributed by atoms with Crippen molar-refractivity contribution in [2.45, 2.75) is 19.8 Å². The van der Waals surface area contributed by atoms with Crippen molar-refractivity contribution in [2.24, 2.45) is 21.0 Å². The Morgan fingerprint density at radius 1 is 0.706 bits per heavy atom. The van der Waals surface area contributed by atoms with Gasteiger partial charge in [0, 0.05) is 10.9 Å². The fourth-order valence-electron chi connectivity index (χ4n) is 5.91. The average Bonchev–Trinajstić information content (AvgIpc) is 3.34. The second-order valence-corrected chi connectivity index (χ2v) is 9.32. The van der Waals surface area contributed by atoms with Gasteiger partial charge in [0.1, 0.15) is 10.8 Å². The highest BCUT2D eigenvalue weighted by molar-refractivity contribution is 6.37. The Kier molecular flexibility index (Phi) is 4.35.